The number of hydrogen-bond acceptors (Lipinski definition) is 4. The second-order valence-corrected chi connectivity index (χ2v) is 7.07. The van der Waals surface area contributed by atoms with Crippen LogP contribution >= 0.6 is 22.9 Å². The van der Waals surface area contributed by atoms with Crippen molar-refractivity contribution in [3.05, 3.63) is 64.6 Å². The van der Waals surface area contributed by atoms with Gasteiger partial charge in [-0.05, 0) is 31.2 Å². The van der Waals surface area contributed by atoms with Crippen LogP contribution in [0.5, 0.6) is 5.75 Å². The summed E-state index contributed by atoms with van der Waals surface area (Å²) in [6.45, 7) is 2.44. The van der Waals surface area contributed by atoms with Crippen molar-refractivity contribution in [2.75, 3.05) is 11.9 Å². The predicted molar refractivity (Wildman–Crippen MR) is 108 cm³/mol. The van der Waals surface area contributed by atoms with Crippen molar-refractivity contribution in [2.45, 2.75) is 6.92 Å². The minimum Gasteiger partial charge on any atom is -0.492 e. The fraction of sp³-hybridized carbons (Fsp3) is 0.100. The van der Waals surface area contributed by atoms with Gasteiger partial charge < -0.3 is 10.1 Å². The number of thiophene rings is 1. The Balaban J connectivity index is 1.74. The molecule has 6 heteroatoms. The number of pyridine rings is 1. The van der Waals surface area contributed by atoms with Crippen LogP contribution in [0.2, 0.25) is 5.15 Å². The SMILES string of the molecule is CCOc1ccccc1NC(=O)c1cc2c(Cl)nc3ccccc3c2s1. The number of carbonyl (C=O) groups is 1. The zero-order valence-corrected chi connectivity index (χ0v) is 15.5. The van der Waals surface area contributed by atoms with Gasteiger partial charge in [-0.25, -0.2) is 4.98 Å². The lowest BCUT2D eigenvalue weighted by atomic mass is 10.2. The van der Waals surface area contributed by atoms with Crippen LogP contribution in [0.25, 0.3) is 21.0 Å². The molecule has 4 aromatic rings. The molecule has 0 bridgehead atoms. The Hall–Kier alpha value is -2.63. The number of carbonyl (C=O) groups excluding carboxylic acids is 1. The molecule has 4 rings (SSSR count). The number of fused-ring (bicyclic) bond motifs is 3. The van der Waals surface area contributed by atoms with Gasteiger partial charge in [-0.15, -0.1) is 11.3 Å². The van der Waals surface area contributed by atoms with Gasteiger partial charge in [0.2, 0.25) is 0 Å². The molecule has 0 saturated heterocycles. The average Bonchev–Trinajstić information content (AvgIpc) is 3.10. The minimum atomic E-state index is -0.196. The van der Waals surface area contributed by atoms with E-state index in [1.54, 1.807) is 6.07 Å². The number of nitrogens with one attached hydrogen (secondary N) is 1. The summed E-state index contributed by atoms with van der Waals surface area (Å²) in [5, 5.41) is 5.11. The number of rotatable bonds is 4. The summed E-state index contributed by atoms with van der Waals surface area (Å²) in [5.74, 6) is 0.452. The van der Waals surface area contributed by atoms with Crippen molar-refractivity contribution < 1.29 is 9.53 Å². The van der Waals surface area contributed by atoms with Gasteiger partial charge in [-0.3, -0.25) is 4.79 Å². The summed E-state index contributed by atoms with van der Waals surface area (Å²) < 4.78 is 6.53. The summed E-state index contributed by atoms with van der Waals surface area (Å²) >= 11 is 7.73. The maximum Gasteiger partial charge on any atom is 0.265 e. The van der Waals surface area contributed by atoms with Crippen molar-refractivity contribution in [1.82, 2.24) is 4.98 Å². The van der Waals surface area contributed by atoms with Crippen molar-refractivity contribution >= 4 is 55.5 Å². The molecule has 0 aliphatic carbocycles. The molecule has 2 heterocycles. The Bertz CT molecular complexity index is 1120. The molecular formula is C20H15ClN2O2S. The van der Waals surface area contributed by atoms with Gasteiger partial charge in [-0.1, -0.05) is 41.9 Å². The monoisotopic (exact) mass is 382 g/mol. The molecule has 0 unspecified atom stereocenters. The third-order valence-corrected chi connectivity index (χ3v) is 5.44. The molecule has 0 aliphatic rings. The summed E-state index contributed by atoms with van der Waals surface area (Å²) in [4.78, 5) is 17.8. The summed E-state index contributed by atoms with van der Waals surface area (Å²) in [7, 11) is 0. The quantitative estimate of drug-likeness (QED) is 0.457. The Kier molecular flexibility index (Phi) is 4.49. The maximum absolute atomic E-state index is 12.8. The number of hydrogen-bond donors (Lipinski definition) is 1. The summed E-state index contributed by atoms with van der Waals surface area (Å²) in [6.07, 6.45) is 0. The highest BCUT2D eigenvalue weighted by Crippen LogP contribution is 2.36. The number of ether oxygens (including phenoxy) is 1. The molecule has 0 spiro atoms. The zero-order chi connectivity index (χ0) is 18.1. The van der Waals surface area contributed by atoms with E-state index in [4.69, 9.17) is 16.3 Å². The second kappa shape index (κ2) is 6.94. The topological polar surface area (TPSA) is 51.2 Å². The first-order valence-corrected chi connectivity index (χ1v) is 9.37. The highest BCUT2D eigenvalue weighted by molar-refractivity contribution is 7.22. The van der Waals surface area contributed by atoms with Crippen LogP contribution in [0, 0.1) is 0 Å². The third kappa shape index (κ3) is 3.00. The third-order valence-electron chi connectivity index (χ3n) is 3.98. The van der Waals surface area contributed by atoms with E-state index < -0.39 is 0 Å². The van der Waals surface area contributed by atoms with Crippen LogP contribution in [0.3, 0.4) is 0 Å². The maximum atomic E-state index is 12.8. The average molecular weight is 383 g/mol. The highest BCUT2D eigenvalue weighted by atomic mass is 35.5. The van der Waals surface area contributed by atoms with E-state index in [0.717, 1.165) is 21.0 Å². The van der Waals surface area contributed by atoms with Crippen molar-refractivity contribution in [3.8, 4) is 5.75 Å². The normalized spacial score (nSPS) is 11.0. The fourth-order valence-electron chi connectivity index (χ4n) is 2.82. The van der Waals surface area contributed by atoms with Crippen LogP contribution in [0.15, 0.2) is 54.6 Å². The van der Waals surface area contributed by atoms with Gasteiger partial charge in [0.1, 0.15) is 10.9 Å². The van der Waals surface area contributed by atoms with Gasteiger partial charge in [0.25, 0.3) is 5.91 Å². The molecule has 0 radical (unpaired) electrons. The smallest absolute Gasteiger partial charge is 0.265 e. The molecule has 1 N–H and O–H groups in total. The van der Waals surface area contributed by atoms with Gasteiger partial charge in [0.05, 0.1) is 22.7 Å². The van der Waals surface area contributed by atoms with E-state index in [1.807, 2.05) is 55.5 Å². The first-order chi connectivity index (χ1) is 12.7. The van der Waals surface area contributed by atoms with Crippen molar-refractivity contribution in [1.29, 1.82) is 0 Å². The van der Waals surface area contributed by atoms with Crippen molar-refractivity contribution in [3.63, 3.8) is 0 Å². The number of para-hydroxylation sites is 3. The molecule has 26 heavy (non-hydrogen) atoms. The zero-order valence-electron chi connectivity index (χ0n) is 14.0. The molecular weight excluding hydrogens is 368 g/mol. The first kappa shape index (κ1) is 16.8. The Labute approximate surface area is 159 Å². The van der Waals surface area contributed by atoms with Crippen LogP contribution in [-0.4, -0.2) is 17.5 Å². The van der Waals surface area contributed by atoms with E-state index in [-0.39, 0.29) is 5.91 Å². The number of aromatic nitrogens is 1. The molecule has 4 nitrogen and oxygen atoms in total. The van der Waals surface area contributed by atoms with Crippen LogP contribution in [0.1, 0.15) is 16.6 Å². The lowest BCUT2D eigenvalue weighted by Crippen LogP contribution is -2.11. The van der Waals surface area contributed by atoms with Crippen LogP contribution in [0.4, 0.5) is 5.69 Å². The van der Waals surface area contributed by atoms with Crippen LogP contribution in [-0.2, 0) is 0 Å². The summed E-state index contributed by atoms with van der Waals surface area (Å²) in [5.41, 5.74) is 1.46. The van der Waals surface area contributed by atoms with E-state index in [9.17, 15) is 4.79 Å². The van der Waals surface area contributed by atoms with E-state index in [2.05, 4.69) is 10.3 Å². The first-order valence-electron chi connectivity index (χ1n) is 8.18. The highest BCUT2D eigenvalue weighted by Gasteiger charge is 2.16. The number of halogens is 1. The predicted octanol–water partition coefficient (Wildman–Crippen LogP) is 5.75. The molecule has 1 amide bonds. The van der Waals surface area contributed by atoms with Crippen LogP contribution < -0.4 is 10.1 Å². The number of nitrogens with zero attached hydrogens (tertiary/aromatic N) is 1. The molecule has 130 valence electrons. The summed E-state index contributed by atoms with van der Waals surface area (Å²) in [6, 6.07) is 17.0. The fourth-order valence-corrected chi connectivity index (χ4v) is 4.21. The van der Waals surface area contributed by atoms with Crippen molar-refractivity contribution in [2.24, 2.45) is 0 Å². The Morgan fingerprint density at radius 3 is 2.77 bits per heavy atom. The molecule has 2 aromatic carbocycles. The molecule has 0 atom stereocenters. The Morgan fingerprint density at radius 1 is 1.15 bits per heavy atom. The number of benzene rings is 2. The van der Waals surface area contributed by atoms with Gasteiger partial charge in [-0.2, -0.15) is 0 Å². The molecule has 0 aliphatic heterocycles. The Morgan fingerprint density at radius 2 is 1.92 bits per heavy atom. The van der Waals surface area contributed by atoms with E-state index in [1.165, 1.54) is 11.3 Å². The number of anilines is 1. The van der Waals surface area contributed by atoms with Gasteiger partial charge in [0, 0.05) is 15.5 Å². The largest absolute Gasteiger partial charge is 0.492 e. The molecule has 2 aromatic heterocycles. The lowest BCUT2D eigenvalue weighted by Gasteiger charge is -2.10. The van der Waals surface area contributed by atoms with E-state index >= 15 is 0 Å². The molecule has 0 fully saturated rings. The van der Waals surface area contributed by atoms with Gasteiger partial charge >= 0.3 is 0 Å². The van der Waals surface area contributed by atoms with Gasteiger partial charge in [0.15, 0.2) is 0 Å². The molecule has 0 saturated carbocycles. The minimum absolute atomic E-state index is 0.196. The van der Waals surface area contributed by atoms with E-state index in [0.29, 0.717) is 28.1 Å². The standard InChI is InChI=1S/C20H15ClN2O2S/c1-2-25-16-10-6-5-9-15(16)23-20(24)17-11-13-18(26-17)12-7-3-4-8-14(12)22-19(13)21/h3-11H,2H2,1H3,(H,23,24). The number of amides is 1. The second-order valence-electron chi connectivity index (χ2n) is 5.66. The lowest BCUT2D eigenvalue weighted by molar-refractivity contribution is 0.103.